The molecule has 0 spiro atoms. The van der Waals surface area contributed by atoms with E-state index < -0.39 is 0 Å². The summed E-state index contributed by atoms with van der Waals surface area (Å²) in [5, 5.41) is 6.06. The number of piperidine rings is 1. The summed E-state index contributed by atoms with van der Waals surface area (Å²) in [6, 6.07) is 17.2. The Labute approximate surface area is 154 Å². The van der Waals surface area contributed by atoms with Gasteiger partial charge in [-0.3, -0.25) is 14.5 Å². The van der Waals surface area contributed by atoms with Crippen molar-refractivity contribution in [1.82, 2.24) is 10.2 Å². The van der Waals surface area contributed by atoms with Crippen molar-refractivity contribution in [1.29, 1.82) is 0 Å². The molecule has 0 aliphatic carbocycles. The summed E-state index contributed by atoms with van der Waals surface area (Å²) in [4.78, 5) is 26.6. The van der Waals surface area contributed by atoms with Crippen molar-refractivity contribution < 1.29 is 9.59 Å². The molecule has 1 fully saturated rings. The van der Waals surface area contributed by atoms with Crippen LogP contribution < -0.4 is 10.6 Å². The van der Waals surface area contributed by atoms with E-state index in [9.17, 15) is 9.59 Å². The van der Waals surface area contributed by atoms with Gasteiger partial charge in [-0.1, -0.05) is 36.4 Å². The van der Waals surface area contributed by atoms with Crippen LogP contribution in [0, 0.1) is 6.92 Å². The lowest BCUT2D eigenvalue weighted by Crippen LogP contribution is -2.46. The van der Waals surface area contributed by atoms with E-state index in [-0.39, 0.29) is 17.9 Å². The lowest BCUT2D eigenvalue weighted by Gasteiger charge is -2.31. The third-order valence-corrected chi connectivity index (χ3v) is 4.75. The molecule has 0 bridgehead atoms. The van der Waals surface area contributed by atoms with Crippen molar-refractivity contribution in [2.45, 2.75) is 25.8 Å². The van der Waals surface area contributed by atoms with Crippen LogP contribution in [-0.4, -0.2) is 42.4 Å². The van der Waals surface area contributed by atoms with Gasteiger partial charge in [0.05, 0.1) is 6.54 Å². The van der Waals surface area contributed by atoms with E-state index in [1.54, 1.807) is 0 Å². The zero-order chi connectivity index (χ0) is 18.4. The zero-order valence-electron chi connectivity index (χ0n) is 15.1. The number of carbonyl (C=O) groups is 2. The number of hydrogen-bond donors (Lipinski definition) is 2. The first-order chi connectivity index (χ1) is 12.6. The van der Waals surface area contributed by atoms with Crippen LogP contribution >= 0.6 is 0 Å². The standard InChI is InChI=1S/C21H25N3O2/c1-16-7-5-6-10-19(16)23-20(25)15-24-13-11-18(12-14-24)22-21(26)17-8-3-2-4-9-17/h2-10,18H,11-15H2,1H3,(H,22,26)(H,23,25). The first-order valence-electron chi connectivity index (χ1n) is 9.05. The molecule has 1 saturated heterocycles. The molecule has 0 saturated carbocycles. The highest BCUT2D eigenvalue weighted by Gasteiger charge is 2.22. The van der Waals surface area contributed by atoms with Gasteiger partial charge in [0, 0.05) is 30.4 Å². The number of nitrogens with one attached hydrogen (secondary N) is 2. The Morgan fingerprint density at radius 1 is 1.00 bits per heavy atom. The first kappa shape index (κ1) is 18.1. The van der Waals surface area contributed by atoms with E-state index >= 15 is 0 Å². The molecule has 5 nitrogen and oxygen atoms in total. The predicted molar refractivity (Wildman–Crippen MR) is 103 cm³/mol. The Morgan fingerprint density at radius 3 is 2.35 bits per heavy atom. The number of rotatable bonds is 5. The molecule has 2 N–H and O–H groups in total. The first-order valence-corrected chi connectivity index (χ1v) is 9.05. The van der Waals surface area contributed by atoms with Crippen molar-refractivity contribution in [3.63, 3.8) is 0 Å². The Bertz CT molecular complexity index is 753. The van der Waals surface area contributed by atoms with Gasteiger partial charge < -0.3 is 10.6 Å². The smallest absolute Gasteiger partial charge is 0.251 e. The fraction of sp³-hybridized carbons (Fsp3) is 0.333. The summed E-state index contributed by atoms with van der Waals surface area (Å²) in [6.45, 7) is 3.98. The van der Waals surface area contributed by atoms with Gasteiger partial charge in [0.1, 0.15) is 0 Å². The van der Waals surface area contributed by atoms with Crippen molar-refractivity contribution in [3.8, 4) is 0 Å². The van der Waals surface area contributed by atoms with E-state index in [0.29, 0.717) is 12.1 Å². The van der Waals surface area contributed by atoms with Crippen LogP contribution in [0.4, 0.5) is 5.69 Å². The number of benzene rings is 2. The van der Waals surface area contributed by atoms with Gasteiger partial charge in [-0.25, -0.2) is 0 Å². The van der Waals surface area contributed by atoms with Crippen molar-refractivity contribution in [3.05, 3.63) is 65.7 Å². The van der Waals surface area contributed by atoms with Gasteiger partial charge in [-0.05, 0) is 43.5 Å². The lowest BCUT2D eigenvalue weighted by atomic mass is 10.0. The zero-order valence-corrected chi connectivity index (χ0v) is 15.1. The van der Waals surface area contributed by atoms with E-state index in [1.807, 2.05) is 61.5 Å². The normalized spacial score (nSPS) is 15.4. The molecule has 0 unspecified atom stereocenters. The molecular formula is C21H25N3O2. The second-order valence-electron chi connectivity index (χ2n) is 6.75. The largest absolute Gasteiger partial charge is 0.349 e. The van der Waals surface area contributed by atoms with E-state index in [2.05, 4.69) is 15.5 Å². The molecule has 0 radical (unpaired) electrons. The number of amides is 2. The average molecular weight is 351 g/mol. The van der Waals surface area contributed by atoms with Crippen molar-refractivity contribution in [2.75, 3.05) is 25.0 Å². The predicted octanol–water partition coefficient (Wildman–Crippen LogP) is 2.83. The SMILES string of the molecule is Cc1ccccc1NC(=O)CN1CCC(NC(=O)c2ccccc2)CC1. The molecule has 2 aromatic rings. The fourth-order valence-corrected chi connectivity index (χ4v) is 3.20. The van der Waals surface area contributed by atoms with Gasteiger partial charge in [0.15, 0.2) is 0 Å². The van der Waals surface area contributed by atoms with Gasteiger partial charge >= 0.3 is 0 Å². The van der Waals surface area contributed by atoms with Gasteiger partial charge in [-0.15, -0.1) is 0 Å². The van der Waals surface area contributed by atoms with E-state index in [0.717, 1.165) is 37.2 Å². The number of likely N-dealkylation sites (tertiary alicyclic amines) is 1. The second-order valence-corrected chi connectivity index (χ2v) is 6.75. The molecule has 2 amide bonds. The molecule has 0 atom stereocenters. The molecule has 136 valence electrons. The van der Waals surface area contributed by atoms with Gasteiger partial charge in [-0.2, -0.15) is 0 Å². The highest BCUT2D eigenvalue weighted by Crippen LogP contribution is 2.14. The van der Waals surface area contributed by atoms with Crippen molar-refractivity contribution >= 4 is 17.5 Å². The molecule has 1 aliphatic heterocycles. The maximum Gasteiger partial charge on any atom is 0.251 e. The van der Waals surface area contributed by atoms with Crippen LogP contribution in [0.25, 0.3) is 0 Å². The number of anilines is 1. The minimum Gasteiger partial charge on any atom is -0.349 e. The highest BCUT2D eigenvalue weighted by atomic mass is 16.2. The van der Waals surface area contributed by atoms with Gasteiger partial charge in [0.25, 0.3) is 5.91 Å². The Balaban J connectivity index is 1.43. The number of carbonyl (C=O) groups excluding carboxylic acids is 2. The summed E-state index contributed by atoms with van der Waals surface area (Å²) >= 11 is 0. The molecular weight excluding hydrogens is 326 g/mol. The Morgan fingerprint density at radius 2 is 1.65 bits per heavy atom. The fourth-order valence-electron chi connectivity index (χ4n) is 3.20. The third kappa shape index (κ3) is 4.92. The lowest BCUT2D eigenvalue weighted by molar-refractivity contribution is -0.117. The summed E-state index contributed by atoms with van der Waals surface area (Å²) in [5.41, 5.74) is 2.61. The summed E-state index contributed by atoms with van der Waals surface area (Å²) < 4.78 is 0. The van der Waals surface area contributed by atoms with Crippen LogP contribution in [0.5, 0.6) is 0 Å². The van der Waals surface area contributed by atoms with E-state index in [4.69, 9.17) is 0 Å². The quantitative estimate of drug-likeness (QED) is 0.871. The summed E-state index contributed by atoms with van der Waals surface area (Å²) in [6.07, 6.45) is 1.71. The third-order valence-electron chi connectivity index (χ3n) is 4.75. The average Bonchev–Trinajstić information content (AvgIpc) is 2.66. The van der Waals surface area contributed by atoms with Crippen LogP contribution in [0.1, 0.15) is 28.8 Å². The van der Waals surface area contributed by atoms with Gasteiger partial charge in [0.2, 0.25) is 5.91 Å². The minimum absolute atomic E-state index is 0.00562. The maximum atomic E-state index is 12.3. The molecule has 3 rings (SSSR count). The summed E-state index contributed by atoms with van der Waals surface area (Å²) in [5.74, 6) is -0.0209. The second kappa shape index (κ2) is 8.63. The summed E-state index contributed by atoms with van der Waals surface area (Å²) in [7, 11) is 0. The monoisotopic (exact) mass is 351 g/mol. The Hall–Kier alpha value is -2.66. The van der Waals surface area contributed by atoms with Crippen LogP contribution in [-0.2, 0) is 4.79 Å². The van der Waals surface area contributed by atoms with Crippen LogP contribution in [0.3, 0.4) is 0 Å². The molecule has 1 aliphatic rings. The number of para-hydroxylation sites is 1. The molecule has 5 heteroatoms. The van der Waals surface area contributed by atoms with E-state index in [1.165, 1.54) is 0 Å². The number of aryl methyl sites for hydroxylation is 1. The maximum absolute atomic E-state index is 12.3. The number of hydrogen-bond acceptors (Lipinski definition) is 3. The number of nitrogens with zero attached hydrogens (tertiary/aromatic N) is 1. The molecule has 1 heterocycles. The van der Waals surface area contributed by atoms with Crippen LogP contribution in [0.15, 0.2) is 54.6 Å². The van der Waals surface area contributed by atoms with Crippen molar-refractivity contribution in [2.24, 2.45) is 0 Å². The minimum atomic E-state index is -0.0265. The Kier molecular flexibility index (Phi) is 6.02. The topological polar surface area (TPSA) is 61.4 Å². The van der Waals surface area contributed by atoms with Crippen LogP contribution in [0.2, 0.25) is 0 Å². The molecule has 26 heavy (non-hydrogen) atoms. The molecule has 2 aromatic carbocycles. The molecule has 0 aromatic heterocycles. The highest BCUT2D eigenvalue weighted by molar-refractivity contribution is 5.94.